The summed E-state index contributed by atoms with van der Waals surface area (Å²) in [6.45, 7) is 9.31. The number of rotatable bonds is 3. The Morgan fingerprint density at radius 2 is 1.87 bits per heavy atom. The van der Waals surface area contributed by atoms with Crippen LogP contribution >= 0.6 is 0 Å². The van der Waals surface area contributed by atoms with Gasteiger partial charge in [0.05, 0.1) is 12.2 Å². The third kappa shape index (κ3) is 10.9. The number of nitrogens with zero attached hydrogens (tertiary/aromatic N) is 1. The van der Waals surface area contributed by atoms with Gasteiger partial charge in [-0.15, -0.1) is 0 Å². The second-order valence-corrected chi connectivity index (χ2v) is 6.51. The molecule has 2 rings (SSSR count). The monoisotopic (exact) mass is 323 g/mol. The largest absolute Gasteiger partial charge is 0.392 e. The van der Waals surface area contributed by atoms with E-state index in [0.29, 0.717) is 6.04 Å². The molecule has 0 bridgehead atoms. The molecule has 4 nitrogen and oxygen atoms in total. The lowest BCUT2D eigenvalue weighted by Gasteiger charge is -2.16. The highest BCUT2D eigenvalue weighted by atomic mass is 16.5. The third-order valence-corrected chi connectivity index (χ3v) is 3.67. The Balaban J connectivity index is 0.000000323. The van der Waals surface area contributed by atoms with Gasteiger partial charge in [0.1, 0.15) is 0 Å². The predicted octanol–water partition coefficient (Wildman–Crippen LogP) is 3.63. The maximum Gasteiger partial charge on any atom is 0.209 e. The summed E-state index contributed by atoms with van der Waals surface area (Å²) in [5, 5.41) is 8.54. The standard InChI is InChI=1S/C7H13NO.C7H8O.C5H12O/c1-2-7-4-3-5-8(7)6-9;8-6-7-4-2-1-3-5-7;1-5(2,3)6-4/h6-7H,2-5H2,1H3;1-5,8H,6H2;1-4H3/t7-;;/m1../s1. The number of methoxy groups -OCH3 is 1. The maximum absolute atomic E-state index is 10.3. The van der Waals surface area contributed by atoms with E-state index in [1.807, 2.05) is 56.0 Å². The van der Waals surface area contributed by atoms with Crippen molar-refractivity contribution >= 4 is 6.41 Å². The fraction of sp³-hybridized carbons (Fsp3) is 0.632. The minimum atomic E-state index is 0.0417. The van der Waals surface area contributed by atoms with Gasteiger partial charge in [-0.25, -0.2) is 0 Å². The van der Waals surface area contributed by atoms with Crippen molar-refractivity contribution in [2.24, 2.45) is 0 Å². The van der Waals surface area contributed by atoms with Gasteiger partial charge in [0, 0.05) is 19.7 Å². The summed E-state index contributed by atoms with van der Waals surface area (Å²) in [5.41, 5.74) is 1.01. The first kappa shape index (κ1) is 21.6. The summed E-state index contributed by atoms with van der Waals surface area (Å²) in [6.07, 6.45) is 4.48. The van der Waals surface area contributed by atoms with Gasteiger partial charge in [-0.3, -0.25) is 4.79 Å². The van der Waals surface area contributed by atoms with E-state index >= 15 is 0 Å². The molecule has 0 spiro atoms. The van der Waals surface area contributed by atoms with E-state index in [4.69, 9.17) is 9.84 Å². The summed E-state index contributed by atoms with van der Waals surface area (Å²) in [5.74, 6) is 0. The van der Waals surface area contributed by atoms with Gasteiger partial charge in [-0.2, -0.15) is 0 Å². The molecule has 4 heteroatoms. The van der Waals surface area contributed by atoms with E-state index in [0.717, 1.165) is 24.9 Å². The Labute approximate surface area is 141 Å². The number of likely N-dealkylation sites (tertiary alicyclic amines) is 1. The van der Waals surface area contributed by atoms with Crippen molar-refractivity contribution in [2.45, 2.75) is 65.2 Å². The van der Waals surface area contributed by atoms with Crippen LogP contribution in [0.15, 0.2) is 30.3 Å². The van der Waals surface area contributed by atoms with Crippen molar-refractivity contribution in [3.8, 4) is 0 Å². The number of hydrogen-bond donors (Lipinski definition) is 1. The molecule has 0 unspecified atom stereocenters. The van der Waals surface area contributed by atoms with Crippen molar-refractivity contribution < 1.29 is 14.6 Å². The van der Waals surface area contributed by atoms with E-state index < -0.39 is 0 Å². The second kappa shape index (κ2) is 12.1. The van der Waals surface area contributed by atoms with E-state index in [-0.39, 0.29) is 12.2 Å². The van der Waals surface area contributed by atoms with Crippen molar-refractivity contribution in [3.05, 3.63) is 35.9 Å². The topological polar surface area (TPSA) is 49.8 Å². The van der Waals surface area contributed by atoms with Crippen LogP contribution in [0, 0.1) is 0 Å². The summed E-state index contributed by atoms with van der Waals surface area (Å²) in [4.78, 5) is 12.2. The number of aliphatic hydroxyl groups is 1. The van der Waals surface area contributed by atoms with Crippen LogP contribution in [0.2, 0.25) is 0 Å². The number of carbonyl (C=O) groups is 1. The molecule has 1 heterocycles. The lowest BCUT2D eigenvalue weighted by Crippen LogP contribution is -2.26. The molecule has 1 aromatic rings. The number of hydrogen-bond acceptors (Lipinski definition) is 3. The third-order valence-electron chi connectivity index (χ3n) is 3.67. The van der Waals surface area contributed by atoms with Gasteiger partial charge in [-0.05, 0) is 45.6 Å². The van der Waals surface area contributed by atoms with Crippen LogP contribution in [-0.2, 0) is 16.1 Å². The fourth-order valence-corrected chi connectivity index (χ4v) is 2.02. The highest BCUT2D eigenvalue weighted by Crippen LogP contribution is 2.16. The maximum atomic E-state index is 10.3. The highest BCUT2D eigenvalue weighted by Gasteiger charge is 2.20. The SMILES string of the molecule is CC[C@@H]1CCCN1C=O.COC(C)(C)C.OCc1ccccc1. The lowest BCUT2D eigenvalue weighted by atomic mass is 10.2. The van der Waals surface area contributed by atoms with E-state index in [2.05, 4.69) is 6.92 Å². The van der Waals surface area contributed by atoms with Gasteiger partial charge in [0.25, 0.3) is 0 Å². The first-order valence-electron chi connectivity index (χ1n) is 8.28. The normalized spacial score (nSPS) is 16.8. The molecule has 1 fully saturated rings. The molecule has 1 saturated heterocycles. The first-order valence-corrected chi connectivity index (χ1v) is 8.28. The van der Waals surface area contributed by atoms with Crippen LogP contribution in [0.3, 0.4) is 0 Å². The average Bonchev–Trinajstić information content (AvgIpc) is 3.04. The number of benzene rings is 1. The lowest BCUT2D eigenvalue weighted by molar-refractivity contribution is -0.118. The van der Waals surface area contributed by atoms with Crippen LogP contribution in [0.1, 0.15) is 52.5 Å². The van der Waals surface area contributed by atoms with Gasteiger partial charge in [-0.1, -0.05) is 37.3 Å². The van der Waals surface area contributed by atoms with Crippen LogP contribution in [-0.4, -0.2) is 41.7 Å². The molecule has 0 aromatic heterocycles. The van der Waals surface area contributed by atoms with Crippen LogP contribution in [0.5, 0.6) is 0 Å². The highest BCUT2D eigenvalue weighted by molar-refractivity contribution is 5.48. The van der Waals surface area contributed by atoms with Crippen LogP contribution in [0.25, 0.3) is 0 Å². The molecule has 1 aromatic carbocycles. The fourth-order valence-electron chi connectivity index (χ4n) is 2.02. The molecular formula is C19H33NO3. The second-order valence-electron chi connectivity index (χ2n) is 6.51. The zero-order valence-electron chi connectivity index (χ0n) is 15.3. The van der Waals surface area contributed by atoms with Crippen LogP contribution < -0.4 is 0 Å². The zero-order chi connectivity index (χ0) is 17.7. The Morgan fingerprint density at radius 1 is 1.30 bits per heavy atom. The smallest absolute Gasteiger partial charge is 0.209 e. The summed E-state index contributed by atoms with van der Waals surface area (Å²) >= 11 is 0. The zero-order valence-corrected chi connectivity index (χ0v) is 15.3. The van der Waals surface area contributed by atoms with Crippen molar-refractivity contribution in [3.63, 3.8) is 0 Å². The summed E-state index contributed by atoms with van der Waals surface area (Å²) in [7, 11) is 1.71. The molecule has 1 amide bonds. The summed E-state index contributed by atoms with van der Waals surface area (Å²) in [6, 6.07) is 10.1. The van der Waals surface area contributed by atoms with Gasteiger partial charge >= 0.3 is 0 Å². The number of carbonyl (C=O) groups excluding carboxylic acids is 1. The molecule has 23 heavy (non-hydrogen) atoms. The van der Waals surface area contributed by atoms with E-state index in [1.54, 1.807) is 7.11 Å². The van der Waals surface area contributed by atoms with Crippen molar-refractivity contribution in [1.29, 1.82) is 0 Å². The minimum absolute atomic E-state index is 0.0417. The number of ether oxygens (including phenoxy) is 1. The quantitative estimate of drug-likeness (QED) is 0.864. The van der Waals surface area contributed by atoms with Gasteiger partial charge in [0.2, 0.25) is 6.41 Å². The molecular weight excluding hydrogens is 290 g/mol. The Hall–Kier alpha value is -1.39. The van der Waals surface area contributed by atoms with E-state index in [9.17, 15) is 4.79 Å². The van der Waals surface area contributed by atoms with E-state index in [1.165, 1.54) is 12.8 Å². The molecule has 0 radical (unpaired) electrons. The predicted molar refractivity (Wildman–Crippen MR) is 95.2 cm³/mol. The molecule has 132 valence electrons. The summed E-state index contributed by atoms with van der Waals surface area (Å²) < 4.78 is 4.94. The number of amides is 1. The Kier molecular flexibility index (Phi) is 11.4. The van der Waals surface area contributed by atoms with Crippen molar-refractivity contribution in [2.75, 3.05) is 13.7 Å². The molecule has 1 aliphatic heterocycles. The molecule has 1 N–H and O–H groups in total. The number of aliphatic hydroxyl groups excluding tert-OH is 1. The molecule has 0 saturated carbocycles. The Bertz CT molecular complexity index is 401. The Morgan fingerprint density at radius 3 is 2.17 bits per heavy atom. The van der Waals surface area contributed by atoms with Gasteiger partial charge in [0.15, 0.2) is 0 Å². The van der Waals surface area contributed by atoms with Crippen molar-refractivity contribution in [1.82, 2.24) is 4.90 Å². The van der Waals surface area contributed by atoms with Gasteiger partial charge < -0.3 is 14.7 Å². The minimum Gasteiger partial charge on any atom is -0.392 e. The molecule has 1 atom stereocenters. The average molecular weight is 323 g/mol. The van der Waals surface area contributed by atoms with Crippen LogP contribution in [0.4, 0.5) is 0 Å². The first-order chi connectivity index (χ1) is 10.9. The molecule has 0 aliphatic carbocycles. The molecule has 1 aliphatic rings.